The Bertz CT molecular complexity index is 1370. The number of hydrogen-bond donors (Lipinski definition) is 2. The lowest BCUT2D eigenvalue weighted by atomic mass is 9.89. The van der Waals surface area contributed by atoms with Gasteiger partial charge in [0.15, 0.2) is 5.82 Å². The van der Waals surface area contributed by atoms with E-state index in [0.717, 1.165) is 17.5 Å². The van der Waals surface area contributed by atoms with E-state index in [0.29, 0.717) is 60.8 Å². The van der Waals surface area contributed by atoms with E-state index < -0.39 is 11.6 Å². The summed E-state index contributed by atoms with van der Waals surface area (Å²) >= 11 is 0. The van der Waals surface area contributed by atoms with Crippen molar-refractivity contribution in [1.82, 2.24) is 20.0 Å². The second-order valence-corrected chi connectivity index (χ2v) is 10.7. The van der Waals surface area contributed by atoms with Crippen LogP contribution in [0.4, 0.5) is 16.3 Å². The number of ether oxygens (including phenoxy) is 2. The van der Waals surface area contributed by atoms with Gasteiger partial charge < -0.3 is 24.2 Å². The molecule has 2 N–H and O–H groups in total. The zero-order chi connectivity index (χ0) is 27.7. The highest BCUT2D eigenvalue weighted by Gasteiger charge is 2.38. The Morgan fingerprint density at radius 3 is 2.72 bits per heavy atom. The Balaban J connectivity index is 1.57. The van der Waals surface area contributed by atoms with Gasteiger partial charge in [-0.15, -0.1) is 0 Å². The molecule has 1 saturated heterocycles. The maximum Gasteiger partial charge on any atom is 0.324 e. The minimum atomic E-state index is -0.623. The van der Waals surface area contributed by atoms with Gasteiger partial charge in [-0.05, 0) is 57.7 Å². The maximum atomic E-state index is 13.8. The molecule has 2 atom stereocenters. The van der Waals surface area contributed by atoms with Crippen molar-refractivity contribution in [2.24, 2.45) is 5.92 Å². The number of anilines is 2. The number of nitrogens with zero attached hydrogens (tertiary/aromatic N) is 4. The van der Waals surface area contributed by atoms with Crippen molar-refractivity contribution in [3.05, 3.63) is 47.5 Å². The molecule has 0 aliphatic carbocycles. The maximum absolute atomic E-state index is 13.8. The molecule has 39 heavy (non-hydrogen) atoms. The highest BCUT2D eigenvalue weighted by Crippen LogP contribution is 2.39. The minimum absolute atomic E-state index is 0.0809. The number of rotatable bonds is 5. The smallest absolute Gasteiger partial charge is 0.324 e. The second-order valence-electron chi connectivity index (χ2n) is 10.7. The van der Waals surface area contributed by atoms with Crippen LogP contribution in [0.5, 0.6) is 5.88 Å². The van der Waals surface area contributed by atoms with Crippen molar-refractivity contribution >= 4 is 23.4 Å². The third-order valence-electron chi connectivity index (χ3n) is 7.12. The first-order valence-electron chi connectivity index (χ1n) is 13.2. The minimum Gasteiger partial charge on any atom is -0.469 e. The van der Waals surface area contributed by atoms with E-state index in [1.54, 1.807) is 17.0 Å². The number of carbonyl (C=O) groups excluding carboxylic acids is 2. The zero-order valence-electron chi connectivity index (χ0n) is 22.9. The molecule has 206 valence electrons. The SMILES string of the molecule is CCN1CC(C)(C)Oc2nc(C3CCOC[C@@H]3C)nc(-c3ccc(NC(=O)Nc4ccon4)c(C)c3)c2C1=O. The van der Waals surface area contributed by atoms with Crippen molar-refractivity contribution in [2.45, 2.75) is 52.6 Å². The zero-order valence-corrected chi connectivity index (χ0v) is 22.9. The highest BCUT2D eigenvalue weighted by molar-refractivity contribution is 6.03. The summed E-state index contributed by atoms with van der Waals surface area (Å²) in [5, 5.41) is 9.13. The molecule has 0 radical (unpaired) electrons. The van der Waals surface area contributed by atoms with Crippen LogP contribution in [0.3, 0.4) is 0 Å². The molecular formula is C28H34N6O5. The summed E-state index contributed by atoms with van der Waals surface area (Å²) in [6, 6.07) is 6.65. The van der Waals surface area contributed by atoms with Gasteiger partial charge >= 0.3 is 6.03 Å². The van der Waals surface area contributed by atoms with Gasteiger partial charge in [-0.3, -0.25) is 10.1 Å². The fourth-order valence-corrected chi connectivity index (χ4v) is 5.10. The van der Waals surface area contributed by atoms with Crippen LogP contribution >= 0.6 is 0 Å². The predicted octanol–water partition coefficient (Wildman–Crippen LogP) is 4.86. The number of aromatic nitrogens is 3. The summed E-state index contributed by atoms with van der Waals surface area (Å²) in [6.45, 7) is 12.1. The number of urea groups is 1. The van der Waals surface area contributed by atoms with Crippen LogP contribution in [0.1, 0.15) is 61.8 Å². The van der Waals surface area contributed by atoms with Gasteiger partial charge in [0.25, 0.3) is 5.91 Å². The number of likely N-dealkylation sites (N-methyl/N-ethyl adjacent to an activating group) is 1. The Morgan fingerprint density at radius 2 is 2.03 bits per heavy atom. The van der Waals surface area contributed by atoms with Crippen LogP contribution in [0.2, 0.25) is 0 Å². The Kier molecular flexibility index (Phi) is 7.26. The normalized spacial score (nSPS) is 20.5. The fourth-order valence-electron chi connectivity index (χ4n) is 5.10. The van der Waals surface area contributed by atoms with E-state index in [1.807, 2.05) is 39.8 Å². The van der Waals surface area contributed by atoms with Crippen LogP contribution in [-0.2, 0) is 4.74 Å². The van der Waals surface area contributed by atoms with E-state index >= 15 is 0 Å². The number of carbonyl (C=O) groups is 2. The van der Waals surface area contributed by atoms with Crippen molar-refractivity contribution in [2.75, 3.05) is 36.9 Å². The van der Waals surface area contributed by atoms with Crippen LogP contribution in [0.15, 0.2) is 35.1 Å². The Hall–Kier alpha value is -3.99. The summed E-state index contributed by atoms with van der Waals surface area (Å²) in [5.74, 6) is 1.42. The molecule has 4 heterocycles. The summed E-state index contributed by atoms with van der Waals surface area (Å²) in [6.07, 6.45) is 2.17. The first kappa shape index (κ1) is 26.6. The molecule has 0 bridgehead atoms. The molecule has 3 amide bonds. The number of hydrogen-bond acceptors (Lipinski definition) is 8. The lowest BCUT2D eigenvalue weighted by molar-refractivity contribution is 0.0439. The topological polar surface area (TPSA) is 132 Å². The van der Waals surface area contributed by atoms with Crippen molar-refractivity contribution in [3.63, 3.8) is 0 Å². The summed E-state index contributed by atoms with van der Waals surface area (Å²) in [5.41, 5.74) is 2.40. The quantitative estimate of drug-likeness (QED) is 0.475. The van der Waals surface area contributed by atoms with Gasteiger partial charge in [-0.2, -0.15) is 4.98 Å². The molecule has 0 spiro atoms. The van der Waals surface area contributed by atoms with Gasteiger partial charge in [0.1, 0.15) is 23.3 Å². The molecule has 5 rings (SSSR count). The van der Waals surface area contributed by atoms with Crippen LogP contribution < -0.4 is 15.4 Å². The van der Waals surface area contributed by atoms with Gasteiger partial charge in [0.05, 0.1) is 12.2 Å². The van der Waals surface area contributed by atoms with E-state index in [-0.39, 0.29) is 17.7 Å². The van der Waals surface area contributed by atoms with E-state index in [4.69, 9.17) is 24.0 Å². The first-order chi connectivity index (χ1) is 18.6. The number of fused-ring (bicyclic) bond motifs is 1. The molecule has 11 nitrogen and oxygen atoms in total. The Labute approximate surface area is 227 Å². The molecule has 2 aliphatic rings. The van der Waals surface area contributed by atoms with Crippen LogP contribution in [0.25, 0.3) is 11.3 Å². The van der Waals surface area contributed by atoms with Gasteiger partial charge in [0.2, 0.25) is 5.88 Å². The largest absolute Gasteiger partial charge is 0.469 e. The summed E-state index contributed by atoms with van der Waals surface area (Å²) in [7, 11) is 0. The van der Waals surface area contributed by atoms with Crippen LogP contribution in [-0.4, -0.2) is 63.9 Å². The third-order valence-corrected chi connectivity index (χ3v) is 7.12. The average Bonchev–Trinajstić information content (AvgIpc) is 3.37. The molecule has 3 aromatic rings. The predicted molar refractivity (Wildman–Crippen MR) is 145 cm³/mol. The van der Waals surface area contributed by atoms with Crippen LogP contribution in [0, 0.1) is 12.8 Å². The van der Waals surface area contributed by atoms with Crippen molar-refractivity contribution < 1.29 is 23.6 Å². The Morgan fingerprint density at radius 1 is 1.21 bits per heavy atom. The highest BCUT2D eigenvalue weighted by atomic mass is 16.5. The number of aryl methyl sites for hydroxylation is 1. The van der Waals surface area contributed by atoms with E-state index in [2.05, 4.69) is 22.7 Å². The molecule has 0 saturated carbocycles. The fraction of sp³-hybridized carbons (Fsp3) is 0.464. The summed E-state index contributed by atoms with van der Waals surface area (Å²) in [4.78, 5) is 37.9. The molecule has 11 heteroatoms. The third kappa shape index (κ3) is 5.58. The summed E-state index contributed by atoms with van der Waals surface area (Å²) < 4.78 is 16.8. The first-order valence-corrected chi connectivity index (χ1v) is 13.2. The molecule has 1 aromatic carbocycles. The average molecular weight is 535 g/mol. The lowest BCUT2D eigenvalue weighted by Crippen LogP contribution is -2.42. The van der Waals surface area contributed by atoms with Gasteiger partial charge in [-0.25, -0.2) is 9.78 Å². The molecule has 2 aliphatic heterocycles. The van der Waals surface area contributed by atoms with E-state index in [9.17, 15) is 9.59 Å². The van der Waals surface area contributed by atoms with E-state index in [1.165, 1.54) is 6.26 Å². The monoisotopic (exact) mass is 534 g/mol. The lowest BCUT2D eigenvalue weighted by Gasteiger charge is -2.29. The number of nitrogens with one attached hydrogen (secondary N) is 2. The molecule has 1 unspecified atom stereocenters. The molecular weight excluding hydrogens is 500 g/mol. The number of amides is 3. The van der Waals surface area contributed by atoms with Gasteiger partial charge in [0, 0.05) is 43.0 Å². The molecule has 2 aromatic heterocycles. The standard InChI is InChI=1S/C28H34N6O5/c1-6-34-15-28(4,5)39-25-22(26(34)35)23(31-24(32-25)19-9-11-37-14-17(19)3)18-7-8-20(16(2)13-18)29-27(36)30-21-10-12-38-33-21/h7-8,10,12-13,17,19H,6,9,11,14-15H2,1-5H3,(H2,29,30,33,36)/t17-,19?/m0/s1. The molecule has 1 fully saturated rings. The van der Waals surface area contributed by atoms with Crippen molar-refractivity contribution in [3.8, 4) is 17.1 Å². The second kappa shape index (κ2) is 10.6. The number of benzene rings is 1. The van der Waals surface area contributed by atoms with Gasteiger partial charge in [-0.1, -0.05) is 18.1 Å². The van der Waals surface area contributed by atoms with Crippen molar-refractivity contribution in [1.29, 1.82) is 0 Å².